The quantitative estimate of drug-likeness (QED) is 0.901. The highest BCUT2D eigenvalue weighted by Gasteiger charge is 2.36. The minimum Gasteiger partial charge on any atom is -0.482 e. The van der Waals surface area contributed by atoms with E-state index in [9.17, 15) is 9.59 Å². The van der Waals surface area contributed by atoms with Crippen LogP contribution in [-0.4, -0.2) is 55.0 Å². The van der Waals surface area contributed by atoms with Gasteiger partial charge in [-0.25, -0.2) is 0 Å². The van der Waals surface area contributed by atoms with E-state index in [4.69, 9.17) is 4.74 Å². The Morgan fingerprint density at radius 1 is 1.20 bits per heavy atom. The third kappa shape index (κ3) is 3.35. The van der Waals surface area contributed by atoms with Crippen LogP contribution in [0.5, 0.6) is 5.75 Å². The largest absolute Gasteiger partial charge is 0.482 e. The van der Waals surface area contributed by atoms with Gasteiger partial charge in [0.1, 0.15) is 5.75 Å². The van der Waals surface area contributed by atoms with Crippen molar-refractivity contribution in [2.75, 3.05) is 31.1 Å². The molecule has 2 atom stereocenters. The van der Waals surface area contributed by atoms with Crippen LogP contribution < -0.4 is 15.0 Å². The fourth-order valence-corrected chi connectivity index (χ4v) is 4.31. The number of carbonyl (C=O) groups is 2. The van der Waals surface area contributed by atoms with Crippen LogP contribution in [0.15, 0.2) is 24.3 Å². The SMILES string of the molecule is O=C(CCN1C(=O)COc2ccccc21)NC1CCN2CCCCC12. The molecule has 2 unspecified atom stereocenters. The summed E-state index contributed by atoms with van der Waals surface area (Å²) in [4.78, 5) is 28.8. The Balaban J connectivity index is 1.34. The van der Waals surface area contributed by atoms with E-state index in [1.807, 2.05) is 24.3 Å². The van der Waals surface area contributed by atoms with Crippen LogP contribution >= 0.6 is 0 Å². The Morgan fingerprint density at radius 3 is 3.00 bits per heavy atom. The number of fused-ring (bicyclic) bond motifs is 2. The summed E-state index contributed by atoms with van der Waals surface area (Å²) in [5, 5.41) is 3.21. The van der Waals surface area contributed by atoms with Gasteiger partial charge in [0, 0.05) is 31.6 Å². The van der Waals surface area contributed by atoms with E-state index < -0.39 is 0 Å². The third-order valence-corrected chi connectivity index (χ3v) is 5.57. The molecule has 3 aliphatic heterocycles. The Hall–Kier alpha value is -2.08. The van der Waals surface area contributed by atoms with Gasteiger partial charge in [0.15, 0.2) is 6.61 Å². The normalized spacial score (nSPS) is 25.9. The minimum atomic E-state index is -0.0918. The van der Waals surface area contributed by atoms with Crippen LogP contribution in [0, 0.1) is 0 Å². The van der Waals surface area contributed by atoms with Crippen LogP contribution in [0.25, 0.3) is 0 Å². The second-order valence-corrected chi connectivity index (χ2v) is 7.11. The van der Waals surface area contributed by atoms with E-state index in [1.165, 1.54) is 19.3 Å². The summed E-state index contributed by atoms with van der Waals surface area (Å²) >= 11 is 0. The highest BCUT2D eigenvalue weighted by atomic mass is 16.5. The fourth-order valence-electron chi connectivity index (χ4n) is 4.31. The first-order valence-corrected chi connectivity index (χ1v) is 9.28. The molecule has 0 aliphatic carbocycles. The average Bonchev–Trinajstić information content (AvgIpc) is 3.04. The van der Waals surface area contributed by atoms with Gasteiger partial charge in [-0.1, -0.05) is 18.6 Å². The highest BCUT2D eigenvalue weighted by Crippen LogP contribution is 2.31. The number of ether oxygens (including phenoxy) is 1. The molecule has 4 rings (SSSR count). The number of para-hydroxylation sites is 2. The number of carbonyl (C=O) groups excluding carboxylic acids is 2. The van der Waals surface area contributed by atoms with Gasteiger partial charge in [-0.05, 0) is 37.9 Å². The summed E-state index contributed by atoms with van der Waals surface area (Å²) < 4.78 is 5.44. The van der Waals surface area contributed by atoms with Gasteiger partial charge in [0.25, 0.3) is 5.91 Å². The molecule has 0 aromatic heterocycles. The summed E-state index contributed by atoms with van der Waals surface area (Å²) in [6, 6.07) is 8.25. The van der Waals surface area contributed by atoms with E-state index in [-0.39, 0.29) is 24.5 Å². The van der Waals surface area contributed by atoms with Crippen molar-refractivity contribution >= 4 is 17.5 Å². The third-order valence-electron chi connectivity index (χ3n) is 5.57. The van der Waals surface area contributed by atoms with Crippen molar-refractivity contribution in [2.45, 2.75) is 44.2 Å². The van der Waals surface area contributed by atoms with E-state index in [2.05, 4.69) is 10.2 Å². The van der Waals surface area contributed by atoms with E-state index in [0.717, 1.165) is 25.2 Å². The average molecular weight is 343 g/mol. The van der Waals surface area contributed by atoms with Gasteiger partial charge < -0.3 is 15.0 Å². The molecular weight excluding hydrogens is 318 g/mol. The molecule has 3 heterocycles. The van der Waals surface area contributed by atoms with Crippen molar-refractivity contribution in [1.82, 2.24) is 10.2 Å². The van der Waals surface area contributed by atoms with E-state index >= 15 is 0 Å². The maximum Gasteiger partial charge on any atom is 0.265 e. The first-order valence-electron chi connectivity index (χ1n) is 9.28. The molecule has 1 aromatic rings. The molecule has 1 N–H and O–H groups in total. The summed E-state index contributed by atoms with van der Waals surface area (Å²) in [7, 11) is 0. The second kappa shape index (κ2) is 7.04. The standard InChI is InChI=1S/C19H25N3O3/c23-18(20-14-8-11-21-10-4-3-5-15(14)21)9-12-22-16-6-1-2-7-17(16)25-13-19(22)24/h1-2,6-7,14-15H,3-5,8-13H2,(H,20,23). The lowest BCUT2D eigenvalue weighted by atomic mass is 9.99. The van der Waals surface area contributed by atoms with Crippen molar-refractivity contribution in [2.24, 2.45) is 0 Å². The van der Waals surface area contributed by atoms with E-state index in [0.29, 0.717) is 24.8 Å². The number of nitrogens with zero attached hydrogens (tertiary/aromatic N) is 2. The van der Waals surface area contributed by atoms with E-state index in [1.54, 1.807) is 4.90 Å². The van der Waals surface area contributed by atoms with Crippen molar-refractivity contribution < 1.29 is 14.3 Å². The lowest BCUT2D eigenvalue weighted by molar-refractivity contribution is -0.122. The smallest absolute Gasteiger partial charge is 0.265 e. The topological polar surface area (TPSA) is 61.9 Å². The van der Waals surface area contributed by atoms with Gasteiger partial charge in [0.2, 0.25) is 5.91 Å². The lowest BCUT2D eigenvalue weighted by Gasteiger charge is -2.33. The Kier molecular flexibility index (Phi) is 4.61. The molecular formula is C19H25N3O3. The first kappa shape index (κ1) is 16.4. The Bertz CT molecular complexity index is 663. The molecule has 0 spiro atoms. The number of hydrogen-bond donors (Lipinski definition) is 1. The predicted molar refractivity (Wildman–Crippen MR) is 94.7 cm³/mol. The van der Waals surface area contributed by atoms with Crippen LogP contribution in [-0.2, 0) is 9.59 Å². The molecule has 6 heteroatoms. The van der Waals surface area contributed by atoms with Crippen molar-refractivity contribution in [3.8, 4) is 5.75 Å². The monoisotopic (exact) mass is 343 g/mol. The zero-order valence-corrected chi connectivity index (χ0v) is 14.4. The van der Waals surface area contributed by atoms with Crippen molar-refractivity contribution in [1.29, 1.82) is 0 Å². The summed E-state index contributed by atoms with van der Waals surface area (Å²) in [5.74, 6) is 0.649. The van der Waals surface area contributed by atoms with Crippen molar-refractivity contribution in [3.05, 3.63) is 24.3 Å². The molecule has 0 radical (unpaired) electrons. The molecule has 0 bridgehead atoms. The minimum absolute atomic E-state index is 0.0363. The molecule has 2 fully saturated rings. The zero-order valence-electron chi connectivity index (χ0n) is 14.4. The number of amides is 2. The van der Waals surface area contributed by atoms with Crippen molar-refractivity contribution in [3.63, 3.8) is 0 Å². The molecule has 1 aromatic carbocycles. The van der Waals surface area contributed by atoms with Crippen LogP contribution in [0.4, 0.5) is 5.69 Å². The number of rotatable bonds is 4. The van der Waals surface area contributed by atoms with Gasteiger partial charge in [-0.2, -0.15) is 0 Å². The summed E-state index contributed by atoms with van der Waals surface area (Å²) in [5.41, 5.74) is 0.755. The summed E-state index contributed by atoms with van der Waals surface area (Å²) in [6.07, 6.45) is 5.07. The van der Waals surface area contributed by atoms with Gasteiger partial charge >= 0.3 is 0 Å². The zero-order chi connectivity index (χ0) is 17.2. The van der Waals surface area contributed by atoms with Gasteiger partial charge in [0.05, 0.1) is 5.69 Å². The molecule has 2 saturated heterocycles. The molecule has 6 nitrogen and oxygen atoms in total. The van der Waals surface area contributed by atoms with Crippen LogP contribution in [0.1, 0.15) is 32.1 Å². The number of nitrogens with one attached hydrogen (secondary N) is 1. The maximum atomic E-state index is 12.4. The molecule has 134 valence electrons. The van der Waals surface area contributed by atoms with Crippen LogP contribution in [0.2, 0.25) is 0 Å². The highest BCUT2D eigenvalue weighted by molar-refractivity contribution is 5.98. The molecule has 0 saturated carbocycles. The fraction of sp³-hybridized carbons (Fsp3) is 0.579. The lowest BCUT2D eigenvalue weighted by Crippen LogP contribution is -2.47. The predicted octanol–water partition coefficient (Wildman–Crippen LogP) is 1.55. The number of piperidine rings is 1. The first-order chi connectivity index (χ1) is 12.2. The number of anilines is 1. The Labute approximate surface area is 148 Å². The van der Waals surface area contributed by atoms with Crippen LogP contribution in [0.3, 0.4) is 0 Å². The molecule has 3 aliphatic rings. The number of benzene rings is 1. The summed E-state index contributed by atoms with van der Waals surface area (Å²) in [6.45, 7) is 2.69. The second-order valence-electron chi connectivity index (χ2n) is 7.11. The number of hydrogen-bond acceptors (Lipinski definition) is 4. The maximum absolute atomic E-state index is 12.4. The van der Waals surface area contributed by atoms with Gasteiger partial charge in [-0.15, -0.1) is 0 Å². The molecule has 25 heavy (non-hydrogen) atoms. The van der Waals surface area contributed by atoms with Gasteiger partial charge in [-0.3, -0.25) is 14.5 Å². The molecule has 2 amide bonds. The Morgan fingerprint density at radius 2 is 2.08 bits per heavy atom.